The Bertz CT molecular complexity index is 921. The molecule has 2 aromatic heterocycles. The topological polar surface area (TPSA) is 98.5 Å². The quantitative estimate of drug-likeness (QED) is 0.707. The van der Waals surface area contributed by atoms with Crippen molar-refractivity contribution in [3.05, 3.63) is 53.6 Å². The molecule has 0 unspecified atom stereocenters. The average molecular weight is 339 g/mol. The lowest BCUT2D eigenvalue weighted by Crippen LogP contribution is -2.22. The highest BCUT2D eigenvalue weighted by Gasteiger charge is 2.16. The fourth-order valence-electron chi connectivity index (χ4n) is 2.47. The number of fused-ring (bicyclic) bond motifs is 1. The molecule has 25 heavy (non-hydrogen) atoms. The summed E-state index contributed by atoms with van der Waals surface area (Å²) in [5, 5.41) is 6.73. The summed E-state index contributed by atoms with van der Waals surface area (Å²) in [5.41, 5.74) is 2.82. The maximum absolute atomic E-state index is 12.1. The van der Waals surface area contributed by atoms with Gasteiger partial charge in [0.05, 0.1) is 6.42 Å². The van der Waals surface area contributed by atoms with Gasteiger partial charge in [0.1, 0.15) is 6.33 Å². The number of anilines is 1. The second-order valence-corrected chi connectivity index (χ2v) is 5.48. The summed E-state index contributed by atoms with van der Waals surface area (Å²) < 4.78 is 6.63. The molecule has 0 saturated heterocycles. The van der Waals surface area contributed by atoms with E-state index >= 15 is 0 Å². The van der Waals surface area contributed by atoms with Gasteiger partial charge in [-0.25, -0.2) is 9.50 Å². The van der Waals surface area contributed by atoms with E-state index in [4.69, 9.17) is 4.74 Å². The number of rotatable bonds is 5. The highest BCUT2D eigenvalue weighted by atomic mass is 16.5. The minimum Gasteiger partial charge on any atom is -0.455 e. The molecule has 8 nitrogen and oxygen atoms in total. The molecule has 0 aliphatic carbocycles. The van der Waals surface area contributed by atoms with Crippen LogP contribution in [0, 0.1) is 13.8 Å². The van der Waals surface area contributed by atoms with E-state index < -0.39 is 11.9 Å². The standard InChI is InChI=1S/C17H17N5O3/c1-11-14(12(2)22-17(20-11)18-10-19-22)8-16(24)25-9-15(23)21-13-6-4-3-5-7-13/h3-7,10H,8-9H2,1-2H3,(H,21,23). The second-order valence-electron chi connectivity index (χ2n) is 5.48. The molecule has 0 fully saturated rings. The van der Waals surface area contributed by atoms with E-state index in [2.05, 4.69) is 20.4 Å². The van der Waals surface area contributed by atoms with Crippen LogP contribution in [0.1, 0.15) is 17.0 Å². The number of hydrogen-bond donors (Lipinski definition) is 1. The van der Waals surface area contributed by atoms with Crippen LogP contribution in [0.2, 0.25) is 0 Å². The number of nitrogens with zero attached hydrogens (tertiary/aromatic N) is 4. The molecular weight excluding hydrogens is 322 g/mol. The molecule has 3 aromatic rings. The molecule has 0 spiro atoms. The van der Waals surface area contributed by atoms with Gasteiger partial charge in [-0.15, -0.1) is 0 Å². The van der Waals surface area contributed by atoms with Crippen LogP contribution in [-0.4, -0.2) is 38.1 Å². The number of aryl methyl sites for hydroxylation is 2. The molecule has 1 aromatic carbocycles. The SMILES string of the molecule is Cc1nc2ncnn2c(C)c1CC(=O)OCC(=O)Nc1ccccc1. The van der Waals surface area contributed by atoms with Crippen LogP contribution in [0.5, 0.6) is 0 Å². The van der Waals surface area contributed by atoms with Crippen LogP contribution in [0.4, 0.5) is 5.69 Å². The number of nitrogens with one attached hydrogen (secondary N) is 1. The van der Waals surface area contributed by atoms with Crippen molar-refractivity contribution in [1.29, 1.82) is 0 Å². The van der Waals surface area contributed by atoms with E-state index in [0.29, 0.717) is 22.7 Å². The third kappa shape index (κ3) is 3.79. The van der Waals surface area contributed by atoms with Gasteiger partial charge in [0, 0.05) is 22.6 Å². The number of carbonyl (C=O) groups is 2. The van der Waals surface area contributed by atoms with Crippen molar-refractivity contribution in [3.8, 4) is 0 Å². The van der Waals surface area contributed by atoms with Gasteiger partial charge in [-0.2, -0.15) is 10.1 Å². The fourth-order valence-corrected chi connectivity index (χ4v) is 2.47. The first-order valence-electron chi connectivity index (χ1n) is 7.71. The predicted octanol–water partition coefficient (Wildman–Crippen LogP) is 1.47. The number of esters is 1. The summed E-state index contributed by atoms with van der Waals surface area (Å²) in [6.45, 7) is 3.29. The van der Waals surface area contributed by atoms with Gasteiger partial charge in [0.2, 0.25) is 0 Å². The predicted molar refractivity (Wildman–Crippen MR) is 90.0 cm³/mol. The number of para-hydroxylation sites is 1. The van der Waals surface area contributed by atoms with Crippen molar-refractivity contribution in [3.63, 3.8) is 0 Å². The Morgan fingerprint density at radius 2 is 1.96 bits per heavy atom. The van der Waals surface area contributed by atoms with Crippen LogP contribution >= 0.6 is 0 Å². The number of ether oxygens (including phenoxy) is 1. The average Bonchev–Trinajstić information content (AvgIpc) is 3.06. The van der Waals surface area contributed by atoms with Gasteiger partial charge in [-0.3, -0.25) is 9.59 Å². The lowest BCUT2D eigenvalue weighted by atomic mass is 10.1. The van der Waals surface area contributed by atoms with Gasteiger partial charge < -0.3 is 10.1 Å². The maximum Gasteiger partial charge on any atom is 0.310 e. The van der Waals surface area contributed by atoms with Crippen molar-refractivity contribution in [2.75, 3.05) is 11.9 Å². The van der Waals surface area contributed by atoms with Gasteiger partial charge in [-0.05, 0) is 26.0 Å². The Balaban J connectivity index is 1.60. The van der Waals surface area contributed by atoms with Gasteiger partial charge >= 0.3 is 5.97 Å². The Hall–Kier alpha value is -3.29. The smallest absolute Gasteiger partial charge is 0.310 e. The minimum absolute atomic E-state index is 0.0130. The molecule has 0 saturated carbocycles. The Morgan fingerprint density at radius 1 is 1.20 bits per heavy atom. The van der Waals surface area contributed by atoms with Crippen molar-refractivity contribution >= 4 is 23.3 Å². The Morgan fingerprint density at radius 3 is 2.72 bits per heavy atom. The number of amides is 1. The fraction of sp³-hybridized carbons (Fsp3) is 0.235. The monoisotopic (exact) mass is 339 g/mol. The molecule has 0 aliphatic heterocycles. The Labute approximate surface area is 143 Å². The van der Waals surface area contributed by atoms with Crippen LogP contribution in [0.15, 0.2) is 36.7 Å². The normalized spacial score (nSPS) is 10.6. The van der Waals surface area contributed by atoms with E-state index in [0.717, 1.165) is 5.69 Å². The molecule has 1 N–H and O–H groups in total. The summed E-state index contributed by atoms with van der Waals surface area (Å²) in [6, 6.07) is 8.97. The van der Waals surface area contributed by atoms with Gasteiger partial charge in [0.15, 0.2) is 6.61 Å². The summed E-state index contributed by atoms with van der Waals surface area (Å²) in [7, 11) is 0. The van der Waals surface area contributed by atoms with E-state index in [-0.39, 0.29) is 13.0 Å². The molecule has 8 heteroatoms. The first kappa shape index (κ1) is 16.6. The summed E-state index contributed by atoms with van der Waals surface area (Å²) in [4.78, 5) is 32.2. The third-order valence-electron chi connectivity index (χ3n) is 3.73. The van der Waals surface area contributed by atoms with Crippen LogP contribution in [0.3, 0.4) is 0 Å². The summed E-state index contributed by atoms with van der Waals surface area (Å²) in [5.74, 6) is -0.414. The lowest BCUT2D eigenvalue weighted by Gasteiger charge is -2.10. The largest absolute Gasteiger partial charge is 0.455 e. The highest BCUT2D eigenvalue weighted by Crippen LogP contribution is 2.14. The minimum atomic E-state index is -0.504. The van der Waals surface area contributed by atoms with Crippen LogP contribution in [0.25, 0.3) is 5.78 Å². The zero-order valence-electron chi connectivity index (χ0n) is 13.9. The van der Waals surface area contributed by atoms with Crippen LogP contribution in [-0.2, 0) is 20.7 Å². The lowest BCUT2D eigenvalue weighted by molar-refractivity contribution is -0.146. The zero-order chi connectivity index (χ0) is 17.8. The van der Waals surface area contributed by atoms with E-state index in [1.807, 2.05) is 13.0 Å². The summed E-state index contributed by atoms with van der Waals surface area (Å²) in [6.07, 6.45) is 1.42. The Kier molecular flexibility index (Phi) is 4.69. The maximum atomic E-state index is 12.1. The molecule has 1 amide bonds. The van der Waals surface area contributed by atoms with Gasteiger partial charge in [0.25, 0.3) is 11.7 Å². The van der Waals surface area contributed by atoms with Crippen LogP contribution < -0.4 is 5.32 Å². The van der Waals surface area contributed by atoms with E-state index in [1.54, 1.807) is 35.7 Å². The zero-order valence-corrected chi connectivity index (χ0v) is 13.9. The molecule has 0 radical (unpaired) electrons. The van der Waals surface area contributed by atoms with Crippen molar-refractivity contribution in [2.45, 2.75) is 20.3 Å². The molecular formula is C17H17N5O3. The van der Waals surface area contributed by atoms with Crippen molar-refractivity contribution in [1.82, 2.24) is 19.6 Å². The molecule has 0 atom stereocenters. The number of aromatic nitrogens is 4. The molecule has 0 aliphatic rings. The molecule has 128 valence electrons. The van der Waals surface area contributed by atoms with E-state index in [9.17, 15) is 9.59 Å². The van der Waals surface area contributed by atoms with Crippen molar-refractivity contribution < 1.29 is 14.3 Å². The van der Waals surface area contributed by atoms with E-state index in [1.165, 1.54) is 6.33 Å². The molecule has 3 rings (SSSR count). The second kappa shape index (κ2) is 7.08. The third-order valence-corrected chi connectivity index (χ3v) is 3.73. The van der Waals surface area contributed by atoms with Crippen molar-refractivity contribution in [2.24, 2.45) is 0 Å². The first-order chi connectivity index (χ1) is 12.0. The number of hydrogen-bond acceptors (Lipinski definition) is 6. The van der Waals surface area contributed by atoms with Gasteiger partial charge in [-0.1, -0.05) is 18.2 Å². The summed E-state index contributed by atoms with van der Waals surface area (Å²) >= 11 is 0. The highest BCUT2D eigenvalue weighted by molar-refractivity contribution is 5.92. The number of benzene rings is 1. The first-order valence-corrected chi connectivity index (χ1v) is 7.71. The molecule has 2 heterocycles. The number of carbonyl (C=O) groups excluding carboxylic acids is 2. The molecule has 0 bridgehead atoms.